The summed E-state index contributed by atoms with van der Waals surface area (Å²) in [7, 11) is -8.89. The van der Waals surface area contributed by atoms with Crippen molar-refractivity contribution in [1.29, 1.82) is 0 Å². The number of aryl methyl sites for hydroxylation is 1. The third-order valence-electron chi connectivity index (χ3n) is 5.26. The van der Waals surface area contributed by atoms with E-state index in [1.807, 2.05) is 0 Å². The van der Waals surface area contributed by atoms with E-state index in [0.29, 0.717) is 24.2 Å². The van der Waals surface area contributed by atoms with Crippen molar-refractivity contribution in [2.45, 2.75) is 36.0 Å². The van der Waals surface area contributed by atoms with Gasteiger partial charge >= 0.3 is 16.1 Å². The molecule has 185 valence electrons. The number of sulfonamides is 1. The maximum atomic E-state index is 13.3. The molecule has 1 radical (unpaired) electrons. The zero-order chi connectivity index (χ0) is 24.9. The van der Waals surface area contributed by atoms with Crippen molar-refractivity contribution in [2.24, 2.45) is 5.92 Å². The van der Waals surface area contributed by atoms with Gasteiger partial charge in [0.2, 0.25) is 10.0 Å². The SMILES string of the molecule is Cc1cc(OCCC[O])cc(OS(=O)(=O)c2ccccc2S(=O)(=O)N2CCCC(C(=O)O)C2)c1. The Hall–Kier alpha value is -2.67. The smallest absolute Gasteiger partial charge is 0.340 e. The van der Waals surface area contributed by atoms with Gasteiger partial charge in [0.1, 0.15) is 21.3 Å². The van der Waals surface area contributed by atoms with Gasteiger partial charge in [0.25, 0.3) is 0 Å². The van der Waals surface area contributed by atoms with Gasteiger partial charge in [0, 0.05) is 25.6 Å². The first-order chi connectivity index (χ1) is 16.0. The third kappa shape index (κ3) is 6.06. The molecule has 3 rings (SSSR count). The highest BCUT2D eigenvalue weighted by molar-refractivity contribution is 7.91. The van der Waals surface area contributed by atoms with Gasteiger partial charge in [-0.2, -0.15) is 12.7 Å². The number of carboxylic acids is 1. The van der Waals surface area contributed by atoms with Crippen molar-refractivity contribution in [3.8, 4) is 11.5 Å². The standard InChI is InChI=1S/C22H26NO9S2/c1-16-12-18(31-11-5-10-24)14-19(13-16)32-34(29,30)21-8-3-2-7-20(21)33(27,28)23-9-4-6-17(15-23)22(25)26/h2-3,7-8,12-14,17H,4-6,9-11,15H2,1H3,(H,25,26). The number of hydrogen-bond acceptors (Lipinski definition) is 7. The molecule has 12 heteroatoms. The summed E-state index contributed by atoms with van der Waals surface area (Å²) in [5.74, 6) is -1.73. The summed E-state index contributed by atoms with van der Waals surface area (Å²) >= 11 is 0. The predicted molar refractivity (Wildman–Crippen MR) is 120 cm³/mol. The number of rotatable bonds is 10. The molecule has 0 spiro atoms. The second-order valence-corrected chi connectivity index (χ2v) is 11.3. The number of benzene rings is 2. The van der Waals surface area contributed by atoms with E-state index in [9.17, 15) is 31.8 Å². The minimum atomic E-state index is -4.58. The second-order valence-electron chi connectivity index (χ2n) is 7.91. The predicted octanol–water partition coefficient (Wildman–Crippen LogP) is 2.45. The molecular formula is C22H26NO9S2. The lowest BCUT2D eigenvalue weighted by molar-refractivity contribution is -0.142. The van der Waals surface area contributed by atoms with Crippen LogP contribution in [0.4, 0.5) is 0 Å². The zero-order valence-electron chi connectivity index (χ0n) is 18.5. The van der Waals surface area contributed by atoms with E-state index in [-0.39, 0.29) is 38.5 Å². The van der Waals surface area contributed by atoms with Crippen LogP contribution in [0.5, 0.6) is 11.5 Å². The Balaban J connectivity index is 1.92. The fraction of sp³-hybridized carbons (Fsp3) is 0.409. The van der Waals surface area contributed by atoms with E-state index in [2.05, 4.69) is 0 Å². The summed E-state index contributed by atoms with van der Waals surface area (Å²) in [6, 6.07) is 9.49. The molecule has 0 saturated carbocycles. The Kier molecular flexibility index (Phi) is 8.18. The monoisotopic (exact) mass is 512 g/mol. The van der Waals surface area contributed by atoms with Gasteiger partial charge < -0.3 is 14.0 Å². The zero-order valence-corrected chi connectivity index (χ0v) is 20.2. The first-order valence-electron chi connectivity index (χ1n) is 10.6. The van der Waals surface area contributed by atoms with E-state index in [0.717, 1.165) is 16.4 Å². The van der Waals surface area contributed by atoms with Gasteiger partial charge in [0.05, 0.1) is 19.1 Å². The summed E-state index contributed by atoms with van der Waals surface area (Å²) in [5, 5.41) is 19.9. The average molecular weight is 513 g/mol. The molecule has 1 saturated heterocycles. The lowest BCUT2D eigenvalue weighted by Crippen LogP contribution is -2.42. The molecule has 1 N–H and O–H groups in total. The number of nitrogens with zero attached hydrogens (tertiary/aromatic N) is 1. The van der Waals surface area contributed by atoms with Crippen molar-refractivity contribution in [2.75, 3.05) is 26.3 Å². The molecule has 0 bridgehead atoms. The number of aliphatic carboxylic acids is 1. The molecule has 0 aliphatic carbocycles. The van der Waals surface area contributed by atoms with Gasteiger partial charge in [0.15, 0.2) is 0 Å². The maximum Gasteiger partial charge on any atom is 0.340 e. The van der Waals surface area contributed by atoms with Gasteiger partial charge in [-0.3, -0.25) is 4.79 Å². The number of carboxylic acid groups (broad SMARTS) is 1. The Morgan fingerprint density at radius 2 is 1.76 bits per heavy atom. The van der Waals surface area contributed by atoms with Crippen LogP contribution in [0.25, 0.3) is 0 Å². The summed E-state index contributed by atoms with van der Waals surface area (Å²) in [4.78, 5) is 10.3. The molecule has 1 aliphatic rings. The average Bonchev–Trinajstić information content (AvgIpc) is 2.78. The lowest BCUT2D eigenvalue weighted by atomic mass is 10.0. The van der Waals surface area contributed by atoms with Crippen LogP contribution in [-0.4, -0.2) is 58.5 Å². The van der Waals surface area contributed by atoms with Crippen LogP contribution in [0.1, 0.15) is 24.8 Å². The normalized spacial score (nSPS) is 17.3. The van der Waals surface area contributed by atoms with Crippen LogP contribution in [0.3, 0.4) is 0 Å². The largest absolute Gasteiger partial charge is 0.493 e. The van der Waals surface area contributed by atoms with E-state index >= 15 is 0 Å². The molecule has 0 aromatic heterocycles. The van der Waals surface area contributed by atoms with Crippen molar-refractivity contribution in [3.05, 3.63) is 48.0 Å². The Morgan fingerprint density at radius 3 is 2.44 bits per heavy atom. The Morgan fingerprint density at radius 1 is 1.09 bits per heavy atom. The van der Waals surface area contributed by atoms with Crippen molar-refractivity contribution in [1.82, 2.24) is 4.31 Å². The number of ether oxygens (including phenoxy) is 1. The van der Waals surface area contributed by atoms with E-state index in [4.69, 9.17) is 8.92 Å². The van der Waals surface area contributed by atoms with Gasteiger partial charge in [-0.05, 0) is 49.6 Å². The van der Waals surface area contributed by atoms with Crippen LogP contribution in [0.2, 0.25) is 0 Å². The van der Waals surface area contributed by atoms with Gasteiger partial charge in [-0.25, -0.2) is 13.5 Å². The Labute approximate surface area is 198 Å². The molecule has 10 nitrogen and oxygen atoms in total. The van der Waals surface area contributed by atoms with Crippen LogP contribution >= 0.6 is 0 Å². The Bertz CT molecular complexity index is 1240. The third-order valence-corrected chi connectivity index (χ3v) is 8.62. The van der Waals surface area contributed by atoms with Crippen LogP contribution < -0.4 is 8.92 Å². The fourth-order valence-electron chi connectivity index (χ4n) is 3.64. The molecule has 2 aromatic rings. The van der Waals surface area contributed by atoms with E-state index in [1.54, 1.807) is 13.0 Å². The fourth-order valence-corrected chi connectivity index (χ4v) is 6.85. The highest BCUT2D eigenvalue weighted by Gasteiger charge is 2.36. The van der Waals surface area contributed by atoms with Crippen molar-refractivity contribution >= 4 is 26.1 Å². The molecule has 2 aromatic carbocycles. The van der Waals surface area contributed by atoms with Gasteiger partial charge in [-0.1, -0.05) is 12.1 Å². The van der Waals surface area contributed by atoms with Crippen LogP contribution in [-0.2, 0) is 30.0 Å². The summed E-state index contributed by atoms with van der Waals surface area (Å²) in [6.07, 6.45) is 0.976. The molecule has 1 atom stereocenters. The first kappa shape index (κ1) is 25.9. The van der Waals surface area contributed by atoms with E-state index < -0.39 is 41.8 Å². The maximum absolute atomic E-state index is 13.3. The summed E-state index contributed by atoms with van der Waals surface area (Å²) in [6.45, 7) is 1.40. The van der Waals surface area contributed by atoms with Crippen LogP contribution in [0, 0.1) is 12.8 Å². The molecular weight excluding hydrogens is 486 g/mol. The second kappa shape index (κ2) is 10.7. The first-order valence-corrected chi connectivity index (χ1v) is 13.5. The quantitative estimate of drug-likeness (QED) is 0.377. The summed E-state index contributed by atoms with van der Waals surface area (Å²) < 4.78 is 64.5. The topological polar surface area (TPSA) is 147 Å². The minimum Gasteiger partial charge on any atom is -0.493 e. The van der Waals surface area contributed by atoms with Crippen LogP contribution in [0.15, 0.2) is 52.3 Å². The highest BCUT2D eigenvalue weighted by atomic mass is 32.2. The van der Waals surface area contributed by atoms with E-state index in [1.165, 1.54) is 24.3 Å². The molecule has 1 aliphatic heterocycles. The number of hydrogen-bond donors (Lipinski definition) is 1. The molecule has 34 heavy (non-hydrogen) atoms. The molecule has 1 heterocycles. The van der Waals surface area contributed by atoms with Crippen molar-refractivity contribution in [3.63, 3.8) is 0 Å². The van der Waals surface area contributed by atoms with Crippen molar-refractivity contribution < 1.29 is 40.8 Å². The van der Waals surface area contributed by atoms with Gasteiger partial charge in [-0.15, -0.1) is 0 Å². The number of piperidine rings is 1. The molecule has 0 amide bonds. The number of carbonyl (C=O) groups is 1. The molecule has 1 unspecified atom stereocenters. The highest BCUT2D eigenvalue weighted by Crippen LogP contribution is 2.31. The lowest BCUT2D eigenvalue weighted by Gasteiger charge is -2.30. The summed E-state index contributed by atoms with van der Waals surface area (Å²) in [5.41, 5.74) is 0.638. The molecule has 1 fully saturated rings. The minimum absolute atomic E-state index is 0.0757.